The first kappa shape index (κ1) is 11.4. The Labute approximate surface area is 105 Å². The zero-order valence-electron chi connectivity index (χ0n) is 10.5. The molecule has 3 heterocycles. The minimum Gasteiger partial charge on any atom is -0.376 e. The zero-order chi connectivity index (χ0) is 12.4. The SMILES string of the molecule is Cn1ncc2c(NCC3CCCCO3)ncnc21. The summed E-state index contributed by atoms with van der Waals surface area (Å²) in [5.41, 5.74) is 0.845. The molecule has 1 atom stereocenters. The standard InChI is InChI=1S/C12H17N5O/c1-17-12-10(7-16-17)11(14-8-15-12)13-6-9-4-2-3-5-18-9/h7-9H,2-6H2,1H3,(H,13,14,15). The van der Waals surface area contributed by atoms with Gasteiger partial charge >= 0.3 is 0 Å². The van der Waals surface area contributed by atoms with Crippen LogP contribution in [-0.2, 0) is 11.8 Å². The van der Waals surface area contributed by atoms with E-state index in [1.54, 1.807) is 17.2 Å². The van der Waals surface area contributed by atoms with Crippen LogP contribution in [0.2, 0.25) is 0 Å². The maximum absolute atomic E-state index is 5.69. The van der Waals surface area contributed by atoms with Crippen molar-refractivity contribution >= 4 is 16.9 Å². The first-order valence-electron chi connectivity index (χ1n) is 6.33. The van der Waals surface area contributed by atoms with E-state index in [1.807, 2.05) is 7.05 Å². The van der Waals surface area contributed by atoms with Gasteiger partial charge in [-0.05, 0) is 19.3 Å². The lowest BCUT2D eigenvalue weighted by Gasteiger charge is -2.22. The van der Waals surface area contributed by atoms with E-state index in [1.165, 1.54) is 12.8 Å². The van der Waals surface area contributed by atoms with Crippen LogP contribution in [0.15, 0.2) is 12.5 Å². The molecular weight excluding hydrogens is 230 g/mol. The molecule has 0 spiro atoms. The molecule has 0 radical (unpaired) electrons. The quantitative estimate of drug-likeness (QED) is 0.886. The molecule has 1 fully saturated rings. The summed E-state index contributed by atoms with van der Waals surface area (Å²) >= 11 is 0. The average molecular weight is 247 g/mol. The predicted octanol–water partition coefficient (Wildman–Crippen LogP) is 1.34. The lowest BCUT2D eigenvalue weighted by molar-refractivity contribution is 0.0247. The smallest absolute Gasteiger partial charge is 0.163 e. The molecule has 1 N–H and O–H groups in total. The van der Waals surface area contributed by atoms with Crippen LogP contribution in [-0.4, -0.2) is 39.0 Å². The minimum atomic E-state index is 0.292. The van der Waals surface area contributed by atoms with E-state index in [0.717, 1.165) is 36.4 Å². The zero-order valence-corrected chi connectivity index (χ0v) is 10.5. The third-order valence-electron chi connectivity index (χ3n) is 3.30. The summed E-state index contributed by atoms with van der Waals surface area (Å²) in [6.45, 7) is 1.67. The van der Waals surface area contributed by atoms with Crippen LogP contribution >= 0.6 is 0 Å². The Morgan fingerprint density at radius 3 is 3.22 bits per heavy atom. The highest BCUT2D eigenvalue weighted by Gasteiger charge is 2.14. The Morgan fingerprint density at radius 1 is 1.44 bits per heavy atom. The number of aromatic nitrogens is 4. The number of aryl methyl sites for hydroxylation is 1. The maximum Gasteiger partial charge on any atom is 0.163 e. The number of rotatable bonds is 3. The van der Waals surface area contributed by atoms with Crippen LogP contribution in [0.5, 0.6) is 0 Å². The molecule has 6 heteroatoms. The van der Waals surface area contributed by atoms with E-state index >= 15 is 0 Å². The number of anilines is 1. The van der Waals surface area contributed by atoms with Crippen molar-refractivity contribution < 1.29 is 4.74 Å². The second kappa shape index (κ2) is 4.89. The van der Waals surface area contributed by atoms with Crippen molar-refractivity contribution in [3.8, 4) is 0 Å². The Hall–Kier alpha value is -1.69. The monoisotopic (exact) mass is 247 g/mol. The second-order valence-electron chi connectivity index (χ2n) is 4.60. The molecule has 2 aromatic rings. The van der Waals surface area contributed by atoms with E-state index < -0.39 is 0 Å². The van der Waals surface area contributed by atoms with Crippen LogP contribution in [0, 0.1) is 0 Å². The van der Waals surface area contributed by atoms with Gasteiger partial charge < -0.3 is 10.1 Å². The fraction of sp³-hybridized carbons (Fsp3) is 0.583. The van der Waals surface area contributed by atoms with Gasteiger partial charge in [0.05, 0.1) is 17.7 Å². The molecule has 96 valence electrons. The van der Waals surface area contributed by atoms with Gasteiger partial charge in [-0.15, -0.1) is 0 Å². The highest BCUT2D eigenvalue weighted by Crippen LogP contribution is 2.19. The molecule has 0 bridgehead atoms. The lowest BCUT2D eigenvalue weighted by Crippen LogP contribution is -2.27. The van der Waals surface area contributed by atoms with E-state index in [9.17, 15) is 0 Å². The van der Waals surface area contributed by atoms with Gasteiger partial charge in [-0.1, -0.05) is 0 Å². The molecule has 0 amide bonds. The summed E-state index contributed by atoms with van der Waals surface area (Å²) in [7, 11) is 1.88. The average Bonchev–Trinajstić information content (AvgIpc) is 2.80. The third kappa shape index (κ3) is 2.15. The van der Waals surface area contributed by atoms with E-state index in [2.05, 4.69) is 20.4 Å². The third-order valence-corrected chi connectivity index (χ3v) is 3.30. The highest BCUT2D eigenvalue weighted by molar-refractivity contribution is 5.85. The van der Waals surface area contributed by atoms with Gasteiger partial charge in [-0.2, -0.15) is 5.10 Å². The number of ether oxygens (including phenoxy) is 1. The van der Waals surface area contributed by atoms with Gasteiger partial charge in [0.15, 0.2) is 5.65 Å². The topological polar surface area (TPSA) is 64.9 Å². The molecule has 1 aliphatic heterocycles. The Kier molecular flexibility index (Phi) is 3.10. The van der Waals surface area contributed by atoms with Crippen molar-refractivity contribution in [2.24, 2.45) is 7.05 Å². The van der Waals surface area contributed by atoms with Crippen LogP contribution in [0.4, 0.5) is 5.82 Å². The summed E-state index contributed by atoms with van der Waals surface area (Å²) in [6, 6.07) is 0. The summed E-state index contributed by atoms with van der Waals surface area (Å²) < 4.78 is 7.44. The Bertz CT molecular complexity index is 532. The van der Waals surface area contributed by atoms with E-state index in [4.69, 9.17) is 4.74 Å². The van der Waals surface area contributed by atoms with Crippen molar-refractivity contribution in [1.29, 1.82) is 0 Å². The molecule has 1 unspecified atom stereocenters. The molecule has 0 aromatic carbocycles. The van der Waals surface area contributed by atoms with Crippen LogP contribution in [0.1, 0.15) is 19.3 Å². The molecule has 0 saturated carbocycles. The van der Waals surface area contributed by atoms with Gasteiger partial charge in [-0.3, -0.25) is 4.68 Å². The van der Waals surface area contributed by atoms with Gasteiger partial charge in [0.1, 0.15) is 12.1 Å². The van der Waals surface area contributed by atoms with Crippen LogP contribution in [0.25, 0.3) is 11.0 Å². The molecular formula is C12H17N5O. The Balaban J connectivity index is 1.74. The molecule has 1 saturated heterocycles. The van der Waals surface area contributed by atoms with Gasteiger partial charge in [0, 0.05) is 20.2 Å². The summed E-state index contributed by atoms with van der Waals surface area (Å²) in [5.74, 6) is 0.835. The molecule has 18 heavy (non-hydrogen) atoms. The largest absolute Gasteiger partial charge is 0.376 e. The lowest BCUT2D eigenvalue weighted by atomic mass is 10.1. The number of nitrogens with one attached hydrogen (secondary N) is 1. The fourth-order valence-electron chi connectivity index (χ4n) is 2.28. The minimum absolute atomic E-state index is 0.292. The summed E-state index contributed by atoms with van der Waals surface area (Å²) in [5, 5.41) is 8.49. The predicted molar refractivity (Wildman–Crippen MR) is 68.4 cm³/mol. The number of fused-ring (bicyclic) bond motifs is 1. The normalized spacial score (nSPS) is 20.2. The molecule has 2 aromatic heterocycles. The van der Waals surface area contributed by atoms with Crippen LogP contribution < -0.4 is 5.32 Å². The second-order valence-corrected chi connectivity index (χ2v) is 4.60. The molecule has 0 aliphatic carbocycles. The van der Waals surface area contributed by atoms with Gasteiger partial charge in [-0.25, -0.2) is 9.97 Å². The number of hydrogen-bond donors (Lipinski definition) is 1. The Morgan fingerprint density at radius 2 is 2.39 bits per heavy atom. The highest BCUT2D eigenvalue weighted by atomic mass is 16.5. The van der Waals surface area contributed by atoms with Gasteiger partial charge in [0.2, 0.25) is 0 Å². The number of nitrogens with zero attached hydrogens (tertiary/aromatic N) is 4. The first-order valence-corrected chi connectivity index (χ1v) is 6.33. The van der Waals surface area contributed by atoms with Gasteiger partial charge in [0.25, 0.3) is 0 Å². The maximum atomic E-state index is 5.69. The van der Waals surface area contributed by atoms with Crippen LogP contribution in [0.3, 0.4) is 0 Å². The van der Waals surface area contributed by atoms with Crippen molar-refractivity contribution in [3.63, 3.8) is 0 Å². The van der Waals surface area contributed by atoms with Crippen molar-refractivity contribution in [2.45, 2.75) is 25.4 Å². The number of hydrogen-bond acceptors (Lipinski definition) is 5. The summed E-state index contributed by atoms with van der Waals surface area (Å²) in [4.78, 5) is 8.49. The molecule has 6 nitrogen and oxygen atoms in total. The van der Waals surface area contributed by atoms with Crippen molar-refractivity contribution in [3.05, 3.63) is 12.5 Å². The molecule has 1 aliphatic rings. The van der Waals surface area contributed by atoms with E-state index in [0.29, 0.717) is 6.10 Å². The first-order chi connectivity index (χ1) is 8.84. The van der Waals surface area contributed by atoms with Crippen molar-refractivity contribution in [2.75, 3.05) is 18.5 Å². The summed E-state index contributed by atoms with van der Waals surface area (Å²) in [6.07, 6.45) is 7.19. The molecule has 3 rings (SSSR count). The fourth-order valence-corrected chi connectivity index (χ4v) is 2.28. The van der Waals surface area contributed by atoms with Crippen molar-refractivity contribution in [1.82, 2.24) is 19.7 Å². The van der Waals surface area contributed by atoms with E-state index in [-0.39, 0.29) is 0 Å².